The number of hydrogen-bond donors (Lipinski definition) is 2. The number of allylic oxidation sites excluding steroid dienone is 1. The molecule has 0 saturated heterocycles. The summed E-state index contributed by atoms with van der Waals surface area (Å²) >= 11 is 0. The zero-order valence-corrected chi connectivity index (χ0v) is 15.2. The first kappa shape index (κ1) is 17.5. The summed E-state index contributed by atoms with van der Waals surface area (Å²) in [6.45, 7) is 3.68. The lowest BCUT2D eigenvalue weighted by atomic mass is 10.1. The van der Waals surface area contributed by atoms with Crippen LogP contribution in [0.15, 0.2) is 65.3 Å². The van der Waals surface area contributed by atoms with E-state index in [0.717, 1.165) is 21.1 Å². The van der Waals surface area contributed by atoms with Crippen molar-refractivity contribution in [1.82, 2.24) is 14.6 Å². The van der Waals surface area contributed by atoms with Crippen molar-refractivity contribution in [2.24, 2.45) is 5.10 Å². The topological polar surface area (TPSA) is 92.5 Å². The fraction of sp³-hybridized carbons (Fsp3) is 0.0952. The number of aromatic hydroxyl groups is 1. The average Bonchev–Trinajstić information content (AvgIpc) is 3.08. The van der Waals surface area contributed by atoms with Gasteiger partial charge in [0.15, 0.2) is 0 Å². The quantitative estimate of drug-likeness (QED) is 0.414. The number of para-hydroxylation sites is 1. The van der Waals surface area contributed by atoms with Crippen molar-refractivity contribution in [2.75, 3.05) is 7.11 Å². The molecule has 2 heterocycles. The summed E-state index contributed by atoms with van der Waals surface area (Å²) in [6.07, 6.45) is 5.05. The minimum atomic E-state index is -0.335. The fourth-order valence-corrected chi connectivity index (χ4v) is 3.10. The fourth-order valence-electron chi connectivity index (χ4n) is 3.10. The Bertz CT molecular complexity index is 1280. The van der Waals surface area contributed by atoms with Gasteiger partial charge in [-0.2, -0.15) is 9.78 Å². The molecule has 0 spiro atoms. The molecule has 2 aromatic heterocycles. The molecule has 4 aromatic rings. The molecule has 0 saturated carbocycles. The van der Waals surface area contributed by atoms with Gasteiger partial charge in [0.1, 0.15) is 28.9 Å². The van der Waals surface area contributed by atoms with Crippen LogP contribution in [0.25, 0.3) is 21.9 Å². The average molecular weight is 374 g/mol. The molecule has 28 heavy (non-hydrogen) atoms. The van der Waals surface area contributed by atoms with Gasteiger partial charge in [-0.15, -0.1) is 6.58 Å². The second-order valence-corrected chi connectivity index (χ2v) is 6.25. The molecule has 7 nitrogen and oxygen atoms in total. The third-order valence-electron chi connectivity index (χ3n) is 4.53. The van der Waals surface area contributed by atoms with Gasteiger partial charge >= 0.3 is 0 Å². The lowest BCUT2D eigenvalue weighted by molar-refractivity contribution is 0.415. The zero-order valence-electron chi connectivity index (χ0n) is 15.2. The van der Waals surface area contributed by atoms with Gasteiger partial charge in [-0.1, -0.05) is 18.2 Å². The lowest BCUT2D eigenvalue weighted by Gasteiger charge is -2.04. The van der Waals surface area contributed by atoms with E-state index in [0.29, 0.717) is 28.8 Å². The van der Waals surface area contributed by atoms with Crippen molar-refractivity contribution < 1.29 is 9.84 Å². The summed E-state index contributed by atoms with van der Waals surface area (Å²) in [5, 5.41) is 15.3. The number of aromatic nitrogens is 3. The standard InChI is InChI=1S/C21H18N4O3/c1-3-5-13-6-4-7-14(20(13)26)11-23-25-12-22-18-16-9-8-15(28-2)10-17(16)24-19(18)21(25)27/h3-4,6-12,24,26H,1,5H2,2H3/b23-11-. The van der Waals surface area contributed by atoms with E-state index in [9.17, 15) is 9.90 Å². The van der Waals surface area contributed by atoms with Crippen molar-refractivity contribution in [1.29, 1.82) is 0 Å². The number of phenolic OH excluding ortho intramolecular Hbond substituents is 1. The van der Waals surface area contributed by atoms with Crippen LogP contribution in [0.5, 0.6) is 11.5 Å². The molecule has 2 aromatic carbocycles. The minimum absolute atomic E-state index is 0.117. The number of nitrogens with one attached hydrogen (secondary N) is 1. The van der Waals surface area contributed by atoms with Gasteiger partial charge in [-0.05, 0) is 30.2 Å². The minimum Gasteiger partial charge on any atom is -0.507 e. The molecule has 0 aliphatic heterocycles. The van der Waals surface area contributed by atoms with Crippen LogP contribution in [-0.2, 0) is 6.42 Å². The molecule has 0 bridgehead atoms. The Morgan fingerprint density at radius 3 is 3.00 bits per heavy atom. The maximum atomic E-state index is 12.8. The maximum Gasteiger partial charge on any atom is 0.298 e. The van der Waals surface area contributed by atoms with Crippen LogP contribution in [-0.4, -0.2) is 33.1 Å². The summed E-state index contributed by atoms with van der Waals surface area (Å²) in [4.78, 5) is 20.3. The molecule has 2 N–H and O–H groups in total. The molecule has 0 aliphatic carbocycles. The van der Waals surface area contributed by atoms with E-state index in [1.165, 1.54) is 12.5 Å². The molecule has 140 valence electrons. The predicted molar refractivity (Wildman–Crippen MR) is 109 cm³/mol. The van der Waals surface area contributed by atoms with Crippen LogP contribution in [0.3, 0.4) is 0 Å². The van der Waals surface area contributed by atoms with Crippen LogP contribution in [0, 0.1) is 0 Å². The Hall–Kier alpha value is -3.87. The maximum absolute atomic E-state index is 12.8. The molecule has 0 amide bonds. The third-order valence-corrected chi connectivity index (χ3v) is 4.53. The predicted octanol–water partition coefficient (Wildman–Crippen LogP) is 3.20. The van der Waals surface area contributed by atoms with Crippen LogP contribution in [0.4, 0.5) is 0 Å². The first-order valence-electron chi connectivity index (χ1n) is 8.65. The second-order valence-electron chi connectivity index (χ2n) is 6.25. The van der Waals surface area contributed by atoms with E-state index in [-0.39, 0.29) is 11.3 Å². The SMILES string of the molecule is C=CCc1cccc(/C=N\n2cnc3c([nH]c4cc(OC)ccc43)c2=O)c1O. The summed E-state index contributed by atoms with van der Waals surface area (Å²) in [6, 6.07) is 10.8. The number of phenols is 1. The Morgan fingerprint density at radius 1 is 1.36 bits per heavy atom. The Labute approximate surface area is 160 Å². The Kier molecular flexibility index (Phi) is 4.41. The van der Waals surface area contributed by atoms with E-state index in [1.54, 1.807) is 19.3 Å². The lowest BCUT2D eigenvalue weighted by Crippen LogP contribution is -2.17. The van der Waals surface area contributed by atoms with Gasteiger partial charge in [0.2, 0.25) is 0 Å². The number of ether oxygens (including phenoxy) is 1. The van der Waals surface area contributed by atoms with Crippen LogP contribution in [0.1, 0.15) is 11.1 Å². The van der Waals surface area contributed by atoms with Gasteiger partial charge in [0.25, 0.3) is 5.56 Å². The highest BCUT2D eigenvalue weighted by atomic mass is 16.5. The molecule has 0 atom stereocenters. The molecule has 0 fully saturated rings. The number of nitrogens with zero attached hydrogens (tertiary/aromatic N) is 3. The van der Waals surface area contributed by atoms with Crippen LogP contribution >= 0.6 is 0 Å². The number of aromatic amines is 1. The van der Waals surface area contributed by atoms with Crippen molar-refractivity contribution in [3.63, 3.8) is 0 Å². The van der Waals surface area contributed by atoms with Gasteiger partial charge in [-0.3, -0.25) is 4.79 Å². The smallest absolute Gasteiger partial charge is 0.298 e. The summed E-state index contributed by atoms with van der Waals surface area (Å²) < 4.78 is 6.35. The number of methoxy groups -OCH3 is 1. The van der Waals surface area contributed by atoms with Crippen molar-refractivity contribution in [3.8, 4) is 11.5 Å². The molecular formula is C21H18N4O3. The second kappa shape index (κ2) is 7.03. The summed E-state index contributed by atoms with van der Waals surface area (Å²) in [7, 11) is 1.59. The molecule has 0 unspecified atom stereocenters. The Morgan fingerprint density at radius 2 is 2.21 bits per heavy atom. The van der Waals surface area contributed by atoms with Crippen molar-refractivity contribution >= 4 is 28.2 Å². The molecule has 4 rings (SSSR count). The highest BCUT2D eigenvalue weighted by molar-refractivity contribution is 6.04. The first-order chi connectivity index (χ1) is 13.6. The van der Waals surface area contributed by atoms with Crippen molar-refractivity contribution in [3.05, 3.63) is 76.9 Å². The van der Waals surface area contributed by atoms with E-state index in [4.69, 9.17) is 4.74 Å². The van der Waals surface area contributed by atoms with E-state index < -0.39 is 0 Å². The monoisotopic (exact) mass is 374 g/mol. The zero-order chi connectivity index (χ0) is 19.7. The molecule has 0 aliphatic rings. The van der Waals surface area contributed by atoms with Crippen LogP contribution < -0.4 is 10.3 Å². The van der Waals surface area contributed by atoms with E-state index in [1.807, 2.05) is 30.3 Å². The highest BCUT2D eigenvalue weighted by Crippen LogP contribution is 2.25. The number of benzene rings is 2. The van der Waals surface area contributed by atoms with Crippen molar-refractivity contribution in [2.45, 2.75) is 6.42 Å². The number of fused-ring (bicyclic) bond motifs is 3. The van der Waals surface area contributed by atoms with Crippen LogP contribution in [0.2, 0.25) is 0 Å². The van der Waals surface area contributed by atoms with Gasteiger partial charge < -0.3 is 14.8 Å². The third kappa shape index (κ3) is 2.92. The largest absolute Gasteiger partial charge is 0.507 e. The van der Waals surface area contributed by atoms with Gasteiger partial charge in [0, 0.05) is 17.0 Å². The highest BCUT2D eigenvalue weighted by Gasteiger charge is 2.11. The normalized spacial score (nSPS) is 11.5. The molecular weight excluding hydrogens is 356 g/mol. The summed E-state index contributed by atoms with van der Waals surface area (Å²) in [5.74, 6) is 0.804. The molecule has 0 radical (unpaired) electrons. The summed E-state index contributed by atoms with van der Waals surface area (Å²) in [5.41, 5.74) is 2.60. The van der Waals surface area contributed by atoms with E-state index >= 15 is 0 Å². The number of rotatable bonds is 5. The van der Waals surface area contributed by atoms with Gasteiger partial charge in [-0.25, -0.2) is 4.98 Å². The first-order valence-corrected chi connectivity index (χ1v) is 8.65. The van der Waals surface area contributed by atoms with Gasteiger partial charge in [0.05, 0.1) is 18.8 Å². The molecule has 7 heteroatoms. The Balaban J connectivity index is 1.78. The van der Waals surface area contributed by atoms with E-state index in [2.05, 4.69) is 21.6 Å². The number of H-pyrrole nitrogens is 1. The number of hydrogen-bond acceptors (Lipinski definition) is 5.